The summed E-state index contributed by atoms with van der Waals surface area (Å²) in [6.45, 7) is 2.87. The Hall–Kier alpha value is -1.20. The maximum atomic E-state index is 5.93. The molecular formula is C15H15Br2NO2. The summed E-state index contributed by atoms with van der Waals surface area (Å²) in [7, 11) is 0. The molecule has 2 aromatic carbocycles. The summed E-state index contributed by atoms with van der Waals surface area (Å²) >= 11 is 6.80. The molecule has 0 saturated carbocycles. The van der Waals surface area contributed by atoms with Crippen molar-refractivity contribution in [3.05, 3.63) is 50.9 Å². The maximum Gasteiger partial charge on any atom is 0.145 e. The van der Waals surface area contributed by atoms with Gasteiger partial charge in [-0.15, -0.1) is 0 Å². The van der Waals surface area contributed by atoms with E-state index in [1.165, 1.54) is 0 Å². The molecule has 20 heavy (non-hydrogen) atoms. The molecule has 2 rings (SSSR count). The minimum Gasteiger partial charge on any atom is -0.490 e. The predicted octanol–water partition coefficient (Wildman–Crippen LogP) is 4.56. The van der Waals surface area contributed by atoms with Crippen LogP contribution in [0.15, 0.2) is 45.3 Å². The molecule has 0 spiro atoms. The van der Waals surface area contributed by atoms with Gasteiger partial charge in [-0.3, -0.25) is 0 Å². The first kappa shape index (κ1) is 15.2. The second-order valence-electron chi connectivity index (χ2n) is 4.30. The highest BCUT2D eigenvalue weighted by molar-refractivity contribution is 9.10. The zero-order chi connectivity index (χ0) is 14.5. The van der Waals surface area contributed by atoms with E-state index in [2.05, 4.69) is 31.9 Å². The van der Waals surface area contributed by atoms with Crippen LogP contribution in [0.25, 0.3) is 0 Å². The molecule has 0 atom stereocenters. The first-order chi connectivity index (χ1) is 9.56. The number of anilines is 1. The van der Waals surface area contributed by atoms with Gasteiger partial charge in [0.25, 0.3) is 0 Å². The number of nitrogen functional groups attached to an aromatic ring is 1. The van der Waals surface area contributed by atoms with Gasteiger partial charge in [0.1, 0.15) is 24.7 Å². The highest BCUT2D eigenvalue weighted by Gasteiger charge is 2.06. The molecule has 0 saturated heterocycles. The molecule has 0 radical (unpaired) electrons. The van der Waals surface area contributed by atoms with Crippen LogP contribution in [0.5, 0.6) is 11.5 Å². The highest BCUT2D eigenvalue weighted by Crippen LogP contribution is 2.30. The molecule has 0 amide bonds. The van der Waals surface area contributed by atoms with Crippen LogP contribution in [0.3, 0.4) is 0 Å². The van der Waals surface area contributed by atoms with Crippen LogP contribution >= 0.6 is 31.9 Å². The fraction of sp³-hybridized carbons (Fsp3) is 0.200. The largest absolute Gasteiger partial charge is 0.490 e. The van der Waals surface area contributed by atoms with Crippen molar-refractivity contribution in [3.8, 4) is 11.5 Å². The molecule has 2 aromatic rings. The molecule has 0 aliphatic heterocycles. The Morgan fingerprint density at radius 3 is 2.45 bits per heavy atom. The van der Waals surface area contributed by atoms with Crippen LogP contribution in [0, 0.1) is 6.92 Å². The number of hydrogen-bond donors (Lipinski definition) is 1. The second kappa shape index (κ2) is 6.99. The molecule has 0 aromatic heterocycles. The van der Waals surface area contributed by atoms with E-state index in [1.54, 1.807) is 0 Å². The standard InChI is InChI=1S/C15H15Br2NO2/c1-10-7-12(17)9-14(18)15(10)20-6-5-19-13-4-2-3-11(16)8-13/h2-4,7-9H,5-6,18H2,1H3. The molecule has 3 nitrogen and oxygen atoms in total. The fourth-order valence-electron chi connectivity index (χ4n) is 1.81. The van der Waals surface area contributed by atoms with Gasteiger partial charge in [-0.2, -0.15) is 0 Å². The quantitative estimate of drug-likeness (QED) is 0.590. The Balaban J connectivity index is 1.88. The van der Waals surface area contributed by atoms with Crippen molar-refractivity contribution in [2.24, 2.45) is 0 Å². The highest BCUT2D eigenvalue weighted by atomic mass is 79.9. The van der Waals surface area contributed by atoms with Gasteiger partial charge in [0.15, 0.2) is 0 Å². The van der Waals surface area contributed by atoms with E-state index < -0.39 is 0 Å². The number of benzene rings is 2. The third kappa shape index (κ3) is 4.15. The lowest BCUT2D eigenvalue weighted by Crippen LogP contribution is -2.10. The Bertz CT molecular complexity index is 579. The molecule has 0 unspecified atom stereocenters. The lowest BCUT2D eigenvalue weighted by atomic mass is 10.2. The average Bonchev–Trinajstić information content (AvgIpc) is 2.36. The van der Waals surface area contributed by atoms with Gasteiger partial charge in [0.05, 0.1) is 5.69 Å². The Labute approximate surface area is 135 Å². The van der Waals surface area contributed by atoms with Crippen LogP contribution in [0.1, 0.15) is 5.56 Å². The Morgan fingerprint density at radius 2 is 1.75 bits per heavy atom. The number of aryl methyl sites for hydroxylation is 1. The van der Waals surface area contributed by atoms with Crippen molar-refractivity contribution in [2.45, 2.75) is 6.92 Å². The molecule has 0 fully saturated rings. The summed E-state index contributed by atoms with van der Waals surface area (Å²) in [5.74, 6) is 1.52. The third-order valence-electron chi connectivity index (χ3n) is 2.66. The lowest BCUT2D eigenvalue weighted by molar-refractivity contribution is 0.217. The van der Waals surface area contributed by atoms with E-state index in [-0.39, 0.29) is 0 Å². The third-order valence-corrected chi connectivity index (χ3v) is 3.61. The zero-order valence-electron chi connectivity index (χ0n) is 11.0. The van der Waals surface area contributed by atoms with Crippen LogP contribution in [0.2, 0.25) is 0 Å². The summed E-state index contributed by atoms with van der Waals surface area (Å²) < 4.78 is 13.2. The van der Waals surface area contributed by atoms with E-state index in [1.807, 2.05) is 43.3 Å². The molecule has 0 bridgehead atoms. The number of rotatable bonds is 5. The molecule has 2 N–H and O–H groups in total. The van der Waals surface area contributed by atoms with Crippen molar-refractivity contribution < 1.29 is 9.47 Å². The van der Waals surface area contributed by atoms with Gasteiger partial charge in [-0.25, -0.2) is 0 Å². The van der Waals surface area contributed by atoms with Crippen molar-refractivity contribution in [3.63, 3.8) is 0 Å². The lowest BCUT2D eigenvalue weighted by Gasteiger charge is -2.13. The van der Waals surface area contributed by atoms with Crippen LogP contribution in [-0.4, -0.2) is 13.2 Å². The van der Waals surface area contributed by atoms with E-state index in [4.69, 9.17) is 15.2 Å². The normalized spacial score (nSPS) is 10.3. The zero-order valence-corrected chi connectivity index (χ0v) is 14.2. The fourth-order valence-corrected chi connectivity index (χ4v) is 2.78. The summed E-state index contributed by atoms with van der Waals surface area (Å²) in [5, 5.41) is 0. The molecule has 0 aliphatic rings. The first-order valence-electron chi connectivity index (χ1n) is 6.13. The number of halogens is 2. The molecular weight excluding hydrogens is 386 g/mol. The van der Waals surface area contributed by atoms with Crippen LogP contribution < -0.4 is 15.2 Å². The number of nitrogens with two attached hydrogens (primary N) is 1. The van der Waals surface area contributed by atoms with Crippen molar-refractivity contribution in [1.82, 2.24) is 0 Å². The van der Waals surface area contributed by atoms with Gasteiger partial charge in [-0.1, -0.05) is 37.9 Å². The Kier molecular flexibility index (Phi) is 5.31. The predicted molar refractivity (Wildman–Crippen MR) is 88.4 cm³/mol. The van der Waals surface area contributed by atoms with E-state index >= 15 is 0 Å². The summed E-state index contributed by atoms with van der Waals surface area (Å²) in [5.41, 5.74) is 7.56. The van der Waals surface area contributed by atoms with Gasteiger partial charge in [0, 0.05) is 8.95 Å². The monoisotopic (exact) mass is 399 g/mol. The Morgan fingerprint density at radius 1 is 1.00 bits per heavy atom. The molecule has 106 valence electrons. The average molecular weight is 401 g/mol. The van der Waals surface area contributed by atoms with E-state index in [0.29, 0.717) is 24.7 Å². The van der Waals surface area contributed by atoms with Gasteiger partial charge in [0.2, 0.25) is 0 Å². The van der Waals surface area contributed by atoms with Crippen molar-refractivity contribution in [1.29, 1.82) is 0 Å². The summed E-state index contributed by atoms with van der Waals surface area (Å²) in [4.78, 5) is 0. The minimum atomic E-state index is 0.444. The van der Waals surface area contributed by atoms with E-state index in [9.17, 15) is 0 Å². The van der Waals surface area contributed by atoms with Crippen LogP contribution in [-0.2, 0) is 0 Å². The van der Waals surface area contributed by atoms with Crippen molar-refractivity contribution >= 4 is 37.5 Å². The summed E-state index contributed by atoms with van der Waals surface area (Å²) in [6, 6.07) is 11.5. The summed E-state index contributed by atoms with van der Waals surface area (Å²) in [6.07, 6.45) is 0. The van der Waals surface area contributed by atoms with Gasteiger partial charge < -0.3 is 15.2 Å². The SMILES string of the molecule is Cc1cc(Br)cc(N)c1OCCOc1cccc(Br)c1. The van der Waals surface area contributed by atoms with Gasteiger partial charge in [-0.05, 0) is 42.8 Å². The smallest absolute Gasteiger partial charge is 0.145 e. The molecule has 0 heterocycles. The second-order valence-corrected chi connectivity index (χ2v) is 6.13. The number of hydrogen-bond acceptors (Lipinski definition) is 3. The number of ether oxygens (including phenoxy) is 2. The van der Waals surface area contributed by atoms with Crippen LogP contribution in [0.4, 0.5) is 5.69 Å². The topological polar surface area (TPSA) is 44.5 Å². The maximum absolute atomic E-state index is 5.93. The van der Waals surface area contributed by atoms with Gasteiger partial charge >= 0.3 is 0 Å². The molecule has 5 heteroatoms. The van der Waals surface area contributed by atoms with E-state index in [0.717, 1.165) is 20.3 Å². The minimum absolute atomic E-state index is 0.444. The van der Waals surface area contributed by atoms with Crippen molar-refractivity contribution in [2.75, 3.05) is 18.9 Å². The molecule has 0 aliphatic carbocycles. The first-order valence-corrected chi connectivity index (χ1v) is 7.71.